The molecule has 5 nitrogen and oxygen atoms in total. The quantitative estimate of drug-likeness (QED) is 0.632. The van der Waals surface area contributed by atoms with Crippen molar-refractivity contribution in [3.63, 3.8) is 0 Å². The van der Waals surface area contributed by atoms with Crippen LogP contribution in [0.4, 0.5) is 0 Å². The third-order valence-electron chi connectivity index (χ3n) is 2.88. The van der Waals surface area contributed by atoms with Crippen LogP contribution in [0.3, 0.4) is 0 Å². The average Bonchev–Trinajstić information content (AvgIpc) is 2.58. The zero-order valence-corrected chi connectivity index (χ0v) is 8.85. The third kappa shape index (κ3) is 2.68. The van der Waals surface area contributed by atoms with E-state index in [1.54, 1.807) is 0 Å². The van der Waals surface area contributed by atoms with Crippen molar-refractivity contribution in [2.45, 2.75) is 25.0 Å². The number of carbonyl (C=O) groups excluding carboxylic acids is 1. The number of nitrogens with zero attached hydrogens (tertiary/aromatic N) is 1. The number of rotatable bonds is 4. The van der Waals surface area contributed by atoms with E-state index in [0.717, 1.165) is 25.9 Å². The van der Waals surface area contributed by atoms with E-state index in [1.165, 1.54) is 0 Å². The van der Waals surface area contributed by atoms with E-state index in [1.807, 2.05) is 4.90 Å². The predicted molar refractivity (Wildman–Crippen MR) is 54.3 cm³/mol. The van der Waals surface area contributed by atoms with Crippen LogP contribution in [-0.4, -0.2) is 55.9 Å². The minimum Gasteiger partial charge on any atom is -0.371 e. The minimum atomic E-state index is 0.0589. The van der Waals surface area contributed by atoms with Crippen molar-refractivity contribution >= 4 is 5.91 Å². The molecule has 1 amide bonds. The normalized spacial score (nSPS) is 29.5. The van der Waals surface area contributed by atoms with Crippen molar-refractivity contribution in [2.75, 3.05) is 32.8 Å². The Morgan fingerprint density at radius 2 is 2.07 bits per heavy atom. The van der Waals surface area contributed by atoms with Gasteiger partial charge in [0.2, 0.25) is 5.91 Å². The largest absolute Gasteiger partial charge is 0.371 e. The molecule has 2 atom stereocenters. The number of likely N-dealkylation sites (tertiary alicyclic amines) is 1. The summed E-state index contributed by atoms with van der Waals surface area (Å²) in [6.45, 7) is 2.50. The molecule has 2 fully saturated rings. The third-order valence-corrected chi connectivity index (χ3v) is 2.88. The van der Waals surface area contributed by atoms with Gasteiger partial charge in [0, 0.05) is 19.6 Å². The first kappa shape index (κ1) is 10.9. The molecule has 0 aliphatic carbocycles. The summed E-state index contributed by atoms with van der Waals surface area (Å²) in [5, 5.41) is 0. The highest BCUT2D eigenvalue weighted by Crippen LogP contribution is 2.26. The van der Waals surface area contributed by atoms with E-state index in [4.69, 9.17) is 15.2 Å². The molecule has 0 aromatic heterocycles. The fraction of sp³-hybridized carbons (Fsp3) is 0.900. The lowest BCUT2D eigenvalue weighted by atomic mass is 10.2. The first-order chi connectivity index (χ1) is 7.29. The van der Waals surface area contributed by atoms with Gasteiger partial charge in [0.1, 0.15) is 6.61 Å². The summed E-state index contributed by atoms with van der Waals surface area (Å²) in [7, 11) is 0. The Morgan fingerprint density at radius 3 is 2.67 bits per heavy atom. The van der Waals surface area contributed by atoms with Gasteiger partial charge in [0.25, 0.3) is 0 Å². The number of nitrogens with two attached hydrogens (primary N) is 1. The van der Waals surface area contributed by atoms with Gasteiger partial charge in [-0.2, -0.15) is 0 Å². The van der Waals surface area contributed by atoms with Crippen molar-refractivity contribution in [1.82, 2.24) is 4.90 Å². The molecule has 2 rings (SSSR count). The van der Waals surface area contributed by atoms with Crippen LogP contribution in [0.25, 0.3) is 0 Å². The lowest BCUT2D eigenvalue weighted by Gasteiger charge is -2.32. The molecule has 5 heteroatoms. The summed E-state index contributed by atoms with van der Waals surface area (Å²) < 4.78 is 10.8. The van der Waals surface area contributed by atoms with Crippen LogP contribution < -0.4 is 5.73 Å². The monoisotopic (exact) mass is 214 g/mol. The van der Waals surface area contributed by atoms with E-state index < -0.39 is 0 Å². The molecule has 2 bridgehead atoms. The van der Waals surface area contributed by atoms with Crippen LogP contribution in [-0.2, 0) is 14.3 Å². The Labute approximate surface area is 89.5 Å². The molecule has 0 aromatic rings. The van der Waals surface area contributed by atoms with E-state index in [9.17, 15) is 4.79 Å². The van der Waals surface area contributed by atoms with Crippen LogP contribution in [0.1, 0.15) is 12.8 Å². The van der Waals surface area contributed by atoms with Crippen LogP contribution in [0.15, 0.2) is 0 Å². The van der Waals surface area contributed by atoms with Gasteiger partial charge in [-0.25, -0.2) is 0 Å². The SMILES string of the molecule is NCCOCC(=O)N1CC2CCC(C1)O2. The topological polar surface area (TPSA) is 64.8 Å². The Bertz CT molecular complexity index is 223. The zero-order chi connectivity index (χ0) is 10.7. The summed E-state index contributed by atoms with van der Waals surface area (Å²) in [4.78, 5) is 13.5. The molecule has 15 heavy (non-hydrogen) atoms. The Hall–Kier alpha value is -0.650. The van der Waals surface area contributed by atoms with Crippen LogP contribution in [0.2, 0.25) is 0 Å². The molecular weight excluding hydrogens is 196 g/mol. The van der Waals surface area contributed by atoms with Gasteiger partial charge >= 0.3 is 0 Å². The van der Waals surface area contributed by atoms with Gasteiger partial charge < -0.3 is 20.1 Å². The number of morpholine rings is 1. The number of amides is 1. The fourth-order valence-corrected chi connectivity index (χ4v) is 2.15. The van der Waals surface area contributed by atoms with E-state index in [-0.39, 0.29) is 24.7 Å². The van der Waals surface area contributed by atoms with Crippen molar-refractivity contribution in [3.8, 4) is 0 Å². The second-order valence-corrected chi connectivity index (χ2v) is 4.10. The first-order valence-corrected chi connectivity index (χ1v) is 5.50. The van der Waals surface area contributed by atoms with Crippen molar-refractivity contribution in [3.05, 3.63) is 0 Å². The minimum absolute atomic E-state index is 0.0589. The maximum atomic E-state index is 11.7. The number of hydrogen-bond donors (Lipinski definition) is 1. The molecule has 2 N–H and O–H groups in total. The van der Waals surface area contributed by atoms with E-state index >= 15 is 0 Å². The fourth-order valence-electron chi connectivity index (χ4n) is 2.15. The summed E-state index contributed by atoms with van der Waals surface area (Å²) in [5.74, 6) is 0.0589. The Morgan fingerprint density at radius 1 is 1.40 bits per heavy atom. The zero-order valence-electron chi connectivity index (χ0n) is 8.85. The maximum Gasteiger partial charge on any atom is 0.248 e. The molecule has 0 aromatic carbocycles. The van der Waals surface area contributed by atoms with Crippen molar-refractivity contribution < 1.29 is 14.3 Å². The Kier molecular flexibility index (Phi) is 3.56. The molecule has 2 saturated heterocycles. The standard InChI is InChI=1S/C10H18N2O3/c11-3-4-14-7-10(13)12-5-8-1-2-9(6-12)15-8/h8-9H,1-7,11H2. The number of ether oxygens (including phenoxy) is 2. The molecule has 0 saturated carbocycles. The van der Waals surface area contributed by atoms with Crippen LogP contribution >= 0.6 is 0 Å². The second kappa shape index (κ2) is 4.92. The Balaban J connectivity index is 1.76. The highest BCUT2D eigenvalue weighted by molar-refractivity contribution is 5.77. The molecule has 86 valence electrons. The molecule has 0 spiro atoms. The van der Waals surface area contributed by atoms with Gasteiger partial charge in [-0.3, -0.25) is 4.79 Å². The van der Waals surface area contributed by atoms with E-state index in [2.05, 4.69) is 0 Å². The summed E-state index contributed by atoms with van der Waals surface area (Å²) in [6.07, 6.45) is 2.67. The van der Waals surface area contributed by atoms with Gasteiger partial charge in [0.15, 0.2) is 0 Å². The molecule has 0 radical (unpaired) electrons. The highest BCUT2D eigenvalue weighted by atomic mass is 16.5. The first-order valence-electron chi connectivity index (χ1n) is 5.50. The summed E-state index contributed by atoms with van der Waals surface area (Å²) >= 11 is 0. The van der Waals surface area contributed by atoms with Crippen LogP contribution in [0.5, 0.6) is 0 Å². The predicted octanol–water partition coefficient (Wildman–Crippen LogP) is -0.648. The lowest BCUT2D eigenvalue weighted by Crippen LogP contribution is -2.47. The summed E-state index contributed by atoms with van der Waals surface area (Å²) in [6, 6.07) is 0. The van der Waals surface area contributed by atoms with Crippen LogP contribution in [0, 0.1) is 0 Å². The molecular formula is C10H18N2O3. The second-order valence-electron chi connectivity index (χ2n) is 4.10. The number of fused-ring (bicyclic) bond motifs is 2. The average molecular weight is 214 g/mol. The number of carbonyl (C=O) groups is 1. The molecule has 2 heterocycles. The molecule has 2 aliphatic rings. The number of hydrogen-bond acceptors (Lipinski definition) is 4. The lowest BCUT2D eigenvalue weighted by molar-refractivity contribution is -0.144. The highest BCUT2D eigenvalue weighted by Gasteiger charge is 2.35. The molecule has 2 unspecified atom stereocenters. The van der Waals surface area contributed by atoms with Gasteiger partial charge in [-0.15, -0.1) is 0 Å². The maximum absolute atomic E-state index is 11.7. The van der Waals surface area contributed by atoms with Crippen molar-refractivity contribution in [1.29, 1.82) is 0 Å². The van der Waals surface area contributed by atoms with Crippen molar-refractivity contribution in [2.24, 2.45) is 5.73 Å². The van der Waals surface area contributed by atoms with Gasteiger partial charge in [0.05, 0.1) is 18.8 Å². The summed E-state index contributed by atoms with van der Waals surface area (Å²) in [5.41, 5.74) is 5.28. The smallest absolute Gasteiger partial charge is 0.248 e. The van der Waals surface area contributed by atoms with Gasteiger partial charge in [-0.1, -0.05) is 0 Å². The van der Waals surface area contributed by atoms with Gasteiger partial charge in [-0.05, 0) is 12.8 Å². The van der Waals surface area contributed by atoms with E-state index in [0.29, 0.717) is 13.2 Å². The molecule has 2 aliphatic heterocycles.